The molecule has 2 aliphatic heterocycles. The molecule has 2 fully saturated rings. The van der Waals surface area contributed by atoms with E-state index in [0.717, 1.165) is 25.9 Å². The molecule has 4 atom stereocenters. The number of carbonyl (C=O) groups is 1. The summed E-state index contributed by atoms with van der Waals surface area (Å²) in [4.78, 5) is 11.8. The first-order valence-electron chi connectivity index (χ1n) is 6.25. The highest BCUT2D eigenvalue weighted by Gasteiger charge is 2.41. The van der Waals surface area contributed by atoms with Crippen LogP contribution in [-0.4, -0.2) is 37.9 Å². The van der Waals surface area contributed by atoms with Gasteiger partial charge in [-0.1, -0.05) is 0 Å². The molecule has 1 N–H and O–H groups in total. The molecule has 0 aromatic carbocycles. The molecular weight excluding hydrogens is 206 g/mol. The lowest BCUT2D eigenvalue weighted by Gasteiger charge is -2.23. The van der Waals surface area contributed by atoms with Crippen molar-refractivity contribution in [3.05, 3.63) is 0 Å². The van der Waals surface area contributed by atoms with E-state index in [1.807, 2.05) is 6.92 Å². The highest BCUT2D eigenvalue weighted by atomic mass is 16.5. The largest absolute Gasteiger partial charge is 0.466 e. The maximum absolute atomic E-state index is 11.8. The average molecular weight is 227 g/mol. The molecule has 0 bridgehead atoms. The van der Waals surface area contributed by atoms with Gasteiger partial charge in [-0.15, -0.1) is 0 Å². The second-order valence-electron chi connectivity index (χ2n) is 4.74. The van der Waals surface area contributed by atoms with Crippen LogP contribution in [0.5, 0.6) is 0 Å². The first-order chi connectivity index (χ1) is 7.72. The standard InChI is InChI=1S/C12H21NO3/c1-3-15-12(14)10-7-13-6-9(10)11-5-4-8(2)16-11/h8-11,13H,3-7H2,1-2H3. The molecule has 16 heavy (non-hydrogen) atoms. The summed E-state index contributed by atoms with van der Waals surface area (Å²) < 4.78 is 11.0. The van der Waals surface area contributed by atoms with Gasteiger partial charge in [0.15, 0.2) is 0 Å². The molecule has 4 heteroatoms. The predicted molar refractivity (Wildman–Crippen MR) is 60.1 cm³/mol. The van der Waals surface area contributed by atoms with Gasteiger partial charge in [0.1, 0.15) is 0 Å². The van der Waals surface area contributed by atoms with Gasteiger partial charge in [-0.25, -0.2) is 0 Å². The molecule has 0 spiro atoms. The second kappa shape index (κ2) is 5.15. The van der Waals surface area contributed by atoms with Crippen LogP contribution >= 0.6 is 0 Å². The number of hydrogen-bond donors (Lipinski definition) is 1. The van der Waals surface area contributed by atoms with Crippen LogP contribution in [0.2, 0.25) is 0 Å². The van der Waals surface area contributed by atoms with Crippen molar-refractivity contribution in [2.24, 2.45) is 11.8 Å². The Morgan fingerprint density at radius 2 is 2.25 bits per heavy atom. The highest BCUT2D eigenvalue weighted by molar-refractivity contribution is 5.73. The minimum Gasteiger partial charge on any atom is -0.466 e. The Labute approximate surface area is 96.7 Å². The van der Waals surface area contributed by atoms with Crippen molar-refractivity contribution in [3.8, 4) is 0 Å². The Kier molecular flexibility index (Phi) is 3.82. The Bertz CT molecular complexity index is 257. The first kappa shape index (κ1) is 11.9. The van der Waals surface area contributed by atoms with Crippen LogP contribution in [0, 0.1) is 11.8 Å². The van der Waals surface area contributed by atoms with Crippen molar-refractivity contribution in [1.29, 1.82) is 0 Å². The molecule has 2 rings (SSSR count). The topological polar surface area (TPSA) is 47.6 Å². The molecular formula is C12H21NO3. The summed E-state index contributed by atoms with van der Waals surface area (Å²) in [7, 11) is 0. The van der Waals surface area contributed by atoms with Crippen LogP contribution in [-0.2, 0) is 14.3 Å². The van der Waals surface area contributed by atoms with Gasteiger partial charge in [0.05, 0.1) is 24.7 Å². The van der Waals surface area contributed by atoms with E-state index in [9.17, 15) is 4.79 Å². The summed E-state index contributed by atoms with van der Waals surface area (Å²) in [6.45, 7) is 6.02. The van der Waals surface area contributed by atoms with Crippen molar-refractivity contribution in [1.82, 2.24) is 5.32 Å². The van der Waals surface area contributed by atoms with E-state index in [1.165, 1.54) is 0 Å². The van der Waals surface area contributed by atoms with E-state index in [2.05, 4.69) is 12.2 Å². The molecule has 92 valence electrons. The monoisotopic (exact) mass is 227 g/mol. The van der Waals surface area contributed by atoms with Crippen LogP contribution in [0.4, 0.5) is 0 Å². The summed E-state index contributed by atoms with van der Waals surface area (Å²) in [5, 5.41) is 3.27. The lowest BCUT2D eigenvalue weighted by Crippen LogP contribution is -2.33. The minimum atomic E-state index is -0.0688. The van der Waals surface area contributed by atoms with Gasteiger partial charge in [0.2, 0.25) is 0 Å². The zero-order valence-corrected chi connectivity index (χ0v) is 10.1. The van der Waals surface area contributed by atoms with Crippen molar-refractivity contribution in [2.75, 3.05) is 19.7 Å². The van der Waals surface area contributed by atoms with Gasteiger partial charge in [0, 0.05) is 19.0 Å². The molecule has 4 unspecified atom stereocenters. The van der Waals surface area contributed by atoms with Crippen LogP contribution in [0.25, 0.3) is 0 Å². The lowest BCUT2D eigenvalue weighted by molar-refractivity contribution is -0.150. The summed E-state index contributed by atoms with van der Waals surface area (Å²) in [5.74, 6) is 0.208. The Hall–Kier alpha value is -0.610. The van der Waals surface area contributed by atoms with Crippen molar-refractivity contribution in [3.63, 3.8) is 0 Å². The fourth-order valence-corrected chi connectivity index (χ4v) is 2.75. The lowest BCUT2D eigenvalue weighted by atomic mass is 9.89. The third-order valence-corrected chi connectivity index (χ3v) is 3.59. The average Bonchev–Trinajstić information content (AvgIpc) is 2.85. The van der Waals surface area contributed by atoms with Gasteiger partial charge >= 0.3 is 5.97 Å². The number of hydrogen-bond acceptors (Lipinski definition) is 4. The third kappa shape index (κ3) is 2.38. The molecule has 2 saturated heterocycles. The summed E-state index contributed by atoms with van der Waals surface area (Å²) >= 11 is 0. The number of carbonyl (C=O) groups excluding carboxylic acids is 1. The van der Waals surface area contributed by atoms with Gasteiger partial charge in [-0.2, -0.15) is 0 Å². The summed E-state index contributed by atoms with van der Waals surface area (Å²) in [5.41, 5.74) is 0. The molecule has 0 aliphatic carbocycles. The highest BCUT2D eigenvalue weighted by Crippen LogP contribution is 2.32. The Morgan fingerprint density at radius 1 is 1.44 bits per heavy atom. The van der Waals surface area contributed by atoms with Crippen molar-refractivity contribution < 1.29 is 14.3 Å². The number of ether oxygens (including phenoxy) is 2. The fraction of sp³-hybridized carbons (Fsp3) is 0.917. The molecule has 0 radical (unpaired) electrons. The van der Waals surface area contributed by atoms with E-state index in [0.29, 0.717) is 18.6 Å². The fourth-order valence-electron chi connectivity index (χ4n) is 2.75. The number of nitrogens with one attached hydrogen (secondary N) is 1. The zero-order valence-electron chi connectivity index (χ0n) is 10.1. The van der Waals surface area contributed by atoms with E-state index in [-0.39, 0.29) is 18.0 Å². The molecule has 0 aromatic rings. The molecule has 2 heterocycles. The van der Waals surface area contributed by atoms with Crippen molar-refractivity contribution >= 4 is 5.97 Å². The number of esters is 1. The van der Waals surface area contributed by atoms with Crippen LogP contribution in [0.15, 0.2) is 0 Å². The smallest absolute Gasteiger partial charge is 0.310 e. The van der Waals surface area contributed by atoms with E-state index >= 15 is 0 Å². The predicted octanol–water partition coefficient (Wildman–Crippen LogP) is 0.953. The van der Waals surface area contributed by atoms with E-state index in [1.54, 1.807) is 0 Å². The quantitative estimate of drug-likeness (QED) is 0.729. The molecule has 0 aromatic heterocycles. The van der Waals surface area contributed by atoms with E-state index < -0.39 is 0 Å². The summed E-state index contributed by atoms with van der Waals surface area (Å²) in [6, 6.07) is 0. The second-order valence-corrected chi connectivity index (χ2v) is 4.74. The zero-order chi connectivity index (χ0) is 11.5. The summed E-state index contributed by atoms with van der Waals surface area (Å²) in [6.07, 6.45) is 2.76. The van der Waals surface area contributed by atoms with E-state index in [4.69, 9.17) is 9.47 Å². The maximum Gasteiger partial charge on any atom is 0.310 e. The van der Waals surface area contributed by atoms with Crippen LogP contribution in [0.1, 0.15) is 26.7 Å². The molecule has 4 nitrogen and oxygen atoms in total. The number of rotatable bonds is 3. The van der Waals surface area contributed by atoms with Crippen LogP contribution < -0.4 is 5.32 Å². The third-order valence-electron chi connectivity index (χ3n) is 3.59. The van der Waals surface area contributed by atoms with Gasteiger partial charge < -0.3 is 14.8 Å². The normalized spacial score (nSPS) is 38.9. The SMILES string of the molecule is CCOC(=O)C1CNCC1C1CCC(C)O1. The van der Waals surface area contributed by atoms with Gasteiger partial charge in [0.25, 0.3) is 0 Å². The van der Waals surface area contributed by atoms with Crippen LogP contribution in [0.3, 0.4) is 0 Å². The maximum atomic E-state index is 11.8. The molecule has 2 aliphatic rings. The first-order valence-corrected chi connectivity index (χ1v) is 6.25. The Balaban J connectivity index is 1.95. The minimum absolute atomic E-state index is 0.0183. The van der Waals surface area contributed by atoms with Gasteiger partial charge in [-0.05, 0) is 26.7 Å². The Morgan fingerprint density at radius 3 is 2.88 bits per heavy atom. The van der Waals surface area contributed by atoms with Crippen molar-refractivity contribution in [2.45, 2.75) is 38.9 Å². The molecule has 0 saturated carbocycles. The van der Waals surface area contributed by atoms with Gasteiger partial charge in [-0.3, -0.25) is 4.79 Å². The molecule has 0 amide bonds.